The maximum absolute atomic E-state index is 12.4. The van der Waals surface area contributed by atoms with Crippen LogP contribution in [0, 0.1) is 0 Å². The first-order valence-electron chi connectivity index (χ1n) is 8.38. The lowest BCUT2D eigenvalue weighted by Gasteiger charge is -2.21. The molecule has 0 radical (unpaired) electrons. The van der Waals surface area contributed by atoms with Gasteiger partial charge in [0, 0.05) is 43.5 Å². The zero-order chi connectivity index (χ0) is 17.6. The van der Waals surface area contributed by atoms with Gasteiger partial charge in [0.25, 0.3) is 5.91 Å². The van der Waals surface area contributed by atoms with Crippen molar-refractivity contribution in [3.05, 3.63) is 54.4 Å². The molecule has 1 aliphatic heterocycles. The predicted molar refractivity (Wildman–Crippen MR) is 93.5 cm³/mol. The minimum Gasteiger partial charge on any atom is -0.457 e. The van der Waals surface area contributed by atoms with Crippen molar-refractivity contribution in [1.29, 1.82) is 0 Å². The molecule has 6 heteroatoms. The number of hydrogen-bond acceptors (Lipinski definition) is 4. The number of likely N-dealkylation sites (tertiary alicyclic amines) is 1. The van der Waals surface area contributed by atoms with Gasteiger partial charge in [-0.25, -0.2) is 0 Å². The first kappa shape index (κ1) is 17.0. The van der Waals surface area contributed by atoms with E-state index >= 15 is 0 Å². The van der Waals surface area contributed by atoms with Gasteiger partial charge >= 0.3 is 0 Å². The molecule has 0 bridgehead atoms. The topological polar surface area (TPSA) is 71.5 Å². The van der Waals surface area contributed by atoms with E-state index in [1.807, 2.05) is 6.92 Å². The average Bonchev–Trinajstić information content (AvgIpc) is 3.00. The summed E-state index contributed by atoms with van der Waals surface area (Å²) in [6.45, 7) is 3.22. The Kier molecular flexibility index (Phi) is 5.28. The fourth-order valence-electron chi connectivity index (χ4n) is 2.82. The van der Waals surface area contributed by atoms with Gasteiger partial charge in [0.15, 0.2) is 0 Å². The van der Waals surface area contributed by atoms with E-state index in [1.54, 1.807) is 53.7 Å². The summed E-state index contributed by atoms with van der Waals surface area (Å²) in [6.07, 6.45) is 4.80. The van der Waals surface area contributed by atoms with Crippen molar-refractivity contribution in [2.24, 2.45) is 0 Å². The van der Waals surface area contributed by atoms with Gasteiger partial charge in [-0.1, -0.05) is 6.07 Å². The Morgan fingerprint density at radius 1 is 1.28 bits per heavy atom. The highest BCUT2D eigenvalue weighted by molar-refractivity contribution is 5.94. The van der Waals surface area contributed by atoms with Crippen LogP contribution in [-0.2, 0) is 4.79 Å². The lowest BCUT2D eigenvalue weighted by molar-refractivity contribution is -0.127. The molecule has 2 heterocycles. The van der Waals surface area contributed by atoms with Gasteiger partial charge in [0.2, 0.25) is 5.91 Å². The molecular weight excluding hydrogens is 318 g/mol. The van der Waals surface area contributed by atoms with Crippen LogP contribution in [0.1, 0.15) is 30.1 Å². The SMILES string of the molecule is CC(CN1CCCC1=O)NC(=O)c1cccc(Oc2ccncc2)c1. The molecule has 130 valence electrons. The highest BCUT2D eigenvalue weighted by Crippen LogP contribution is 2.21. The second kappa shape index (κ2) is 7.79. The third-order valence-corrected chi connectivity index (χ3v) is 4.02. The number of aromatic nitrogens is 1. The predicted octanol–water partition coefficient (Wildman–Crippen LogP) is 2.61. The van der Waals surface area contributed by atoms with Crippen molar-refractivity contribution in [2.75, 3.05) is 13.1 Å². The van der Waals surface area contributed by atoms with E-state index in [0.717, 1.165) is 13.0 Å². The van der Waals surface area contributed by atoms with Crippen LogP contribution in [0.5, 0.6) is 11.5 Å². The zero-order valence-corrected chi connectivity index (χ0v) is 14.1. The smallest absolute Gasteiger partial charge is 0.251 e. The molecule has 2 amide bonds. The Balaban J connectivity index is 1.60. The van der Waals surface area contributed by atoms with Crippen LogP contribution < -0.4 is 10.1 Å². The van der Waals surface area contributed by atoms with Gasteiger partial charge in [-0.3, -0.25) is 14.6 Å². The molecule has 0 aliphatic carbocycles. The quantitative estimate of drug-likeness (QED) is 0.878. The number of rotatable bonds is 6. The summed E-state index contributed by atoms with van der Waals surface area (Å²) in [5.41, 5.74) is 0.520. The molecule has 3 rings (SSSR count). The third-order valence-electron chi connectivity index (χ3n) is 4.02. The Morgan fingerprint density at radius 3 is 2.80 bits per heavy atom. The van der Waals surface area contributed by atoms with E-state index in [4.69, 9.17) is 4.74 Å². The van der Waals surface area contributed by atoms with Crippen molar-refractivity contribution >= 4 is 11.8 Å². The standard InChI is InChI=1S/C19H21N3O3/c1-14(13-22-11-3-6-18(22)23)21-19(24)15-4-2-5-17(12-15)25-16-7-9-20-10-8-16/h2,4-5,7-10,12,14H,3,6,11,13H2,1H3,(H,21,24). The fourth-order valence-corrected chi connectivity index (χ4v) is 2.82. The summed E-state index contributed by atoms with van der Waals surface area (Å²) < 4.78 is 5.72. The molecule has 1 N–H and O–H groups in total. The first-order chi connectivity index (χ1) is 12.1. The Morgan fingerprint density at radius 2 is 2.08 bits per heavy atom. The van der Waals surface area contributed by atoms with Crippen molar-refractivity contribution in [3.8, 4) is 11.5 Å². The summed E-state index contributed by atoms with van der Waals surface area (Å²) in [4.78, 5) is 29.9. The average molecular weight is 339 g/mol. The number of hydrogen-bond donors (Lipinski definition) is 1. The third kappa shape index (κ3) is 4.56. The van der Waals surface area contributed by atoms with Crippen molar-refractivity contribution in [1.82, 2.24) is 15.2 Å². The second-order valence-electron chi connectivity index (χ2n) is 6.13. The lowest BCUT2D eigenvalue weighted by Crippen LogP contribution is -2.42. The molecule has 1 atom stereocenters. The van der Waals surface area contributed by atoms with Gasteiger partial charge in [0.1, 0.15) is 11.5 Å². The van der Waals surface area contributed by atoms with Crippen LogP contribution in [0.25, 0.3) is 0 Å². The molecule has 2 aromatic rings. The molecule has 0 spiro atoms. The van der Waals surface area contributed by atoms with Gasteiger partial charge in [-0.05, 0) is 43.7 Å². The van der Waals surface area contributed by atoms with E-state index < -0.39 is 0 Å². The number of ether oxygens (including phenoxy) is 1. The molecule has 25 heavy (non-hydrogen) atoms. The van der Waals surface area contributed by atoms with Crippen molar-refractivity contribution in [2.45, 2.75) is 25.8 Å². The van der Waals surface area contributed by atoms with Crippen LogP contribution in [0.4, 0.5) is 0 Å². The maximum Gasteiger partial charge on any atom is 0.251 e. The summed E-state index contributed by atoms with van der Waals surface area (Å²) in [6, 6.07) is 10.4. The number of carbonyl (C=O) groups excluding carboxylic acids is 2. The van der Waals surface area contributed by atoms with E-state index in [2.05, 4.69) is 10.3 Å². The van der Waals surface area contributed by atoms with Gasteiger partial charge < -0.3 is 15.0 Å². The fraction of sp³-hybridized carbons (Fsp3) is 0.316. The highest BCUT2D eigenvalue weighted by atomic mass is 16.5. The molecular formula is C19H21N3O3. The number of nitrogens with one attached hydrogen (secondary N) is 1. The molecule has 1 unspecified atom stereocenters. The molecule has 6 nitrogen and oxygen atoms in total. The maximum atomic E-state index is 12.4. The zero-order valence-electron chi connectivity index (χ0n) is 14.1. The number of benzene rings is 1. The van der Waals surface area contributed by atoms with Gasteiger partial charge in [0.05, 0.1) is 0 Å². The molecule has 1 aromatic carbocycles. The minimum absolute atomic E-state index is 0.112. The van der Waals surface area contributed by atoms with Crippen LogP contribution in [0.15, 0.2) is 48.8 Å². The Bertz CT molecular complexity index is 749. The molecule has 1 aromatic heterocycles. The largest absolute Gasteiger partial charge is 0.457 e. The number of carbonyl (C=O) groups is 2. The van der Waals surface area contributed by atoms with E-state index in [9.17, 15) is 9.59 Å². The normalized spacial score (nSPS) is 15.1. The van der Waals surface area contributed by atoms with Gasteiger partial charge in [-0.2, -0.15) is 0 Å². The molecule has 1 aliphatic rings. The molecule has 1 fully saturated rings. The summed E-state index contributed by atoms with van der Waals surface area (Å²) >= 11 is 0. The molecule has 0 saturated carbocycles. The Hall–Kier alpha value is -2.89. The van der Waals surface area contributed by atoms with Gasteiger partial charge in [-0.15, -0.1) is 0 Å². The number of nitrogens with zero attached hydrogens (tertiary/aromatic N) is 2. The van der Waals surface area contributed by atoms with E-state index in [1.165, 1.54) is 0 Å². The lowest BCUT2D eigenvalue weighted by atomic mass is 10.2. The van der Waals surface area contributed by atoms with Crippen LogP contribution >= 0.6 is 0 Å². The van der Waals surface area contributed by atoms with E-state index in [0.29, 0.717) is 30.0 Å². The van der Waals surface area contributed by atoms with Crippen LogP contribution in [0.2, 0.25) is 0 Å². The van der Waals surface area contributed by atoms with Crippen LogP contribution in [-0.4, -0.2) is 40.8 Å². The number of amides is 2. The van der Waals surface area contributed by atoms with Crippen molar-refractivity contribution < 1.29 is 14.3 Å². The minimum atomic E-state index is -0.181. The summed E-state index contributed by atoms with van der Waals surface area (Å²) in [7, 11) is 0. The summed E-state index contributed by atoms with van der Waals surface area (Å²) in [5, 5.41) is 2.94. The van der Waals surface area contributed by atoms with Crippen molar-refractivity contribution in [3.63, 3.8) is 0 Å². The Labute approximate surface area is 146 Å². The summed E-state index contributed by atoms with van der Waals surface area (Å²) in [5.74, 6) is 1.22. The van der Waals surface area contributed by atoms with E-state index in [-0.39, 0.29) is 17.9 Å². The molecule has 1 saturated heterocycles. The number of pyridine rings is 1. The monoisotopic (exact) mass is 339 g/mol. The highest BCUT2D eigenvalue weighted by Gasteiger charge is 2.22. The van der Waals surface area contributed by atoms with Crippen LogP contribution in [0.3, 0.4) is 0 Å². The second-order valence-corrected chi connectivity index (χ2v) is 6.13. The first-order valence-corrected chi connectivity index (χ1v) is 8.38.